The van der Waals surface area contributed by atoms with E-state index in [-0.39, 0.29) is 11.6 Å². The Morgan fingerprint density at radius 2 is 1.53 bits per heavy atom. The smallest absolute Gasteiger partial charge is 0.252 e. The van der Waals surface area contributed by atoms with Gasteiger partial charge in [-0.05, 0) is 24.0 Å². The molecule has 2 heterocycles. The van der Waals surface area contributed by atoms with Gasteiger partial charge >= 0.3 is 0 Å². The molecule has 0 radical (unpaired) electrons. The van der Waals surface area contributed by atoms with Crippen molar-refractivity contribution in [3.05, 3.63) is 93.9 Å². The van der Waals surface area contributed by atoms with Crippen LogP contribution in [0.3, 0.4) is 0 Å². The second kappa shape index (κ2) is 9.72. The zero-order valence-corrected chi connectivity index (χ0v) is 17.6. The number of H-pyrrole nitrogens is 1. The van der Waals surface area contributed by atoms with E-state index in [0.717, 1.165) is 51.1 Å². The van der Waals surface area contributed by atoms with Crippen molar-refractivity contribution >= 4 is 5.95 Å². The lowest BCUT2D eigenvalue weighted by Crippen LogP contribution is -2.48. The van der Waals surface area contributed by atoms with Gasteiger partial charge in [-0.25, -0.2) is 4.98 Å². The quantitative estimate of drug-likeness (QED) is 0.648. The molecule has 5 heteroatoms. The maximum absolute atomic E-state index is 12.1. The van der Waals surface area contributed by atoms with E-state index in [2.05, 4.69) is 82.4 Å². The number of piperazine rings is 1. The Bertz CT molecular complexity index is 939. The van der Waals surface area contributed by atoms with Crippen LogP contribution in [0.15, 0.2) is 71.5 Å². The number of nitrogens with zero attached hydrogens (tertiary/aromatic N) is 3. The van der Waals surface area contributed by atoms with Gasteiger partial charge in [-0.3, -0.25) is 14.7 Å². The van der Waals surface area contributed by atoms with Crippen molar-refractivity contribution in [3.8, 4) is 0 Å². The Kier molecular flexibility index (Phi) is 6.60. The molecular weight excluding hydrogens is 372 g/mol. The zero-order chi connectivity index (χ0) is 20.8. The highest BCUT2D eigenvalue weighted by Crippen LogP contribution is 2.29. The fourth-order valence-electron chi connectivity index (χ4n) is 4.21. The summed E-state index contributed by atoms with van der Waals surface area (Å²) in [6, 6.07) is 23.3. The third-order valence-corrected chi connectivity index (χ3v) is 5.78. The van der Waals surface area contributed by atoms with E-state index in [1.165, 1.54) is 11.1 Å². The second-order valence-electron chi connectivity index (χ2n) is 7.91. The van der Waals surface area contributed by atoms with Gasteiger partial charge in [0.05, 0.1) is 6.04 Å². The molecule has 1 aromatic heterocycles. The molecule has 1 N–H and O–H groups in total. The largest absolute Gasteiger partial charge is 0.340 e. The first-order valence-electron chi connectivity index (χ1n) is 10.9. The van der Waals surface area contributed by atoms with Gasteiger partial charge in [-0.15, -0.1) is 0 Å². The molecule has 156 valence electrons. The summed E-state index contributed by atoms with van der Waals surface area (Å²) in [5, 5.41) is 0. The molecule has 0 bridgehead atoms. The first-order valence-corrected chi connectivity index (χ1v) is 10.9. The Morgan fingerprint density at radius 3 is 2.10 bits per heavy atom. The van der Waals surface area contributed by atoms with Gasteiger partial charge in [-0.2, -0.15) is 0 Å². The first-order chi connectivity index (χ1) is 14.7. The molecule has 30 heavy (non-hydrogen) atoms. The Balaban J connectivity index is 1.51. The van der Waals surface area contributed by atoms with Gasteiger partial charge in [0, 0.05) is 37.9 Å². The zero-order valence-electron chi connectivity index (χ0n) is 17.6. The third-order valence-electron chi connectivity index (χ3n) is 5.78. The van der Waals surface area contributed by atoms with E-state index in [0.29, 0.717) is 5.95 Å². The van der Waals surface area contributed by atoms with Crippen molar-refractivity contribution in [1.29, 1.82) is 0 Å². The number of hydrogen-bond acceptors (Lipinski definition) is 4. The molecule has 0 unspecified atom stereocenters. The fourth-order valence-corrected chi connectivity index (χ4v) is 4.21. The van der Waals surface area contributed by atoms with Crippen LogP contribution in [-0.2, 0) is 6.42 Å². The normalized spacial score (nSPS) is 14.9. The van der Waals surface area contributed by atoms with E-state index in [4.69, 9.17) is 4.98 Å². The number of hydrogen-bond donors (Lipinski definition) is 1. The van der Waals surface area contributed by atoms with Crippen LogP contribution in [-0.4, -0.2) is 41.0 Å². The molecule has 1 fully saturated rings. The van der Waals surface area contributed by atoms with Gasteiger partial charge in [0.15, 0.2) is 0 Å². The van der Waals surface area contributed by atoms with Gasteiger partial charge < -0.3 is 4.90 Å². The summed E-state index contributed by atoms with van der Waals surface area (Å²) in [6.07, 6.45) is 3.01. The summed E-state index contributed by atoms with van der Waals surface area (Å²) in [5.74, 6) is 0.712. The molecular formula is C25H30N4O. The van der Waals surface area contributed by atoms with Crippen molar-refractivity contribution in [2.24, 2.45) is 0 Å². The summed E-state index contributed by atoms with van der Waals surface area (Å²) in [6.45, 7) is 5.67. The average Bonchev–Trinajstić information content (AvgIpc) is 2.79. The van der Waals surface area contributed by atoms with Gasteiger partial charge in [0.1, 0.15) is 0 Å². The molecule has 0 atom stereocenters. The van der Waals surface area contributed by atoms with E-state index >= 15 is 0 Å². The Morgan fingerprint density at radius 1 is 0.933 bits per heavy atom. The number of aromatic amines is 1. The molecule has 0 aliphatic carbocycles. The van der Waals surface area contributed by atoms with Crippen LogP contribution in [0.5, 0.6) is 0 Å². The van der Waals surface area contributed by atoms with Crippen LogP contribution in [0.2, 0.25) is 0 Å². The van der Waals surface area contributed by atoms with Crippen LogP contribution < -0.4 is 10.5 Å². The summed E-state index contributed by atoms with van der Waals surface area (Å²) in [5.41, 5.74) is 3.46. The van der Waals surface area contributed by atoms with Crippen molar-refractivity contribution < 1.29 is 0 Å². The van der Waals surface area contributed by atoms with E-state index < -0.39 is 0 Å². The number of aryl methyl sites for hydroxylation is 1. The number of unbranched alkanes of at least 4 members (excludes halogenated alkanes) is 1. The van der Waals surface area contributed by atoms with E-state index in [9.17, 15) is 4.79 Å². The number of benzene rings is 2. The molecule has 1 saturated heterocycles. The topological polar surface area (TPSA) is 52.2 Å². The molecule has 3 aromatic rings. The minimum atomic E-state index is -0.0556. The predicted octanol–water partition coefficient (Wildman–Crippen LogP) is 4.02. The van der Waals surface area contributed by atoms with Crippen molar-refractivity contribution in [2.75, 3.05) is 31.1 Å². The minimum absolute atomic E-state index is 0.0556. The molecule has 0 saturated carbocycles. The highest BCUT2D eigenvalue weighted by Gasteiger charge is 2.27. The van der Waals surface area contributed by atoms with Gasteiger partial charge in [0.25, 0.3) is 5.56 Å². The SMILES string of the molecule is CCCCc1cc(=O)[nH]c(N2CCN(C(c3ccccc3)c3ccccc3)CC2)n1. The molecule has 4 rings (SSSR count). The number of anilines is 1. The highest BCUT2D eigenvalue weighted by atomic mass is 16.1. The molecule has 0 amide bonds. The lowest BCUT2D eigenvalue weighted by atomic mass is 9.96. The third kappa shape index (κ3) is 4.79. The molecule has 0 spiro atoms. The van der Waals surface area contributed by atoms with Crippen LogP contribution in [0, 0.1) is 0 Å². The molecule has 5 nitrogen and oxygen atoms in total. The Hall–Kier alpha value is -2.92. The lowest BCUT2D eigenvalue weighted by molar-refractivity contribution is 0.211. The van der Waals surface area contributed by atoms with E-state index in [1.54, 1.807) is 6.07 Å². The second-order valence-corrected chi connectivity index (χ2v) is 7.91. The maximum atomic E-state index is 12.1. The Labute approximate surface area is 178 Å². The van der Waals surface area contributed by atoms with Crippen LogP contribution >= 0.6 is 0 Å². The van der Waals surface area contributed by atoms with Crippen LogP contribution in [0.25, 0.3) is 0 Å². The van der Waals surface area contributed by atoms with Gasteiger partial charge in [-0.1, -0.05) is 74.0 Å². The number of rotatable bonds is 7. The first kappa shape index (κ1) is 20.4. The number of aromatic nitrogens is 2. The summed E-state index contributed by atoms with van der Waals surface area (Å²) >= 11 is 0. The van der Waals surface area contributed by atoms with Crippen LogP contribution in [0.1, 0.15) is 42.6 Å². The molecule has 1 aliphatic heterocycles. The summed E-state index contributed by atoms with van der Waals surface area (Å²) < 4.78 is 0. The van der Waals surface area contributed by atoms with Crippen molar-refractivity contribution in [3.63, 3.8) is 0 Å². The standard InChI is InChI=1S/C25H30N4O/c1-2-3-14-22-19-23(30)27-25(26-22)29-17-15-28(16-18-29)24(20-10-6-4-7-11-20)21-12-8-5-9-13-21/h4-13,19,24H,2-3,14-18H2,1H3,(H,26,27,30). The molecule has 1 aliphatic rings. The fraction of sp³-hybridized carbons (Fsp3) is 0.360. The average molecular weight is 403 g/mol. The van der Waals surface area contributed by atoms with Crippen molar-refractivity contribution in [1.82, 2.24) is 14.9 Å². The van der Waals surface area contributed by atoms with Crippen molar-refractivity contribution in [2.45, 2.75) is 32.2 Å². The maximum Gasteiger partial charge on any atom is 0.252 e. The monoisotopic (exact) mass is 402 g/mol. The minimum Gasteiger partial charge on any atom is -0.340 e. The highest BCUT2D eigenvalue weighted by molar-refractivity contribution is 5.34. The molecule has 2 aromatic carbocycles. The van der Waals surface area contributed by atoms with Crippen LogP contribution in [0.4, 0.5) is 5.95 Å². The summed E-state index contributed by atoms with van der Waals surface area (Å²) in [4.78, 5) is 24.5. The predicted molar refractivity (Wildman–Crippen MR) is 122 cm³/mol. The van der Waals surface area contributed by atoms with E-state index in [1.807, 2.05) is 0 Å². The summed E-state index contributed by atoms with van der Waals surface area (Å²) in [7, 11) is 0. The lowest BCUT2D eigenvalue weighted by Gasteiger charge is -2.40. The van der Waals surface area contributed by atoms with Gasteiger partial charge in [0.2, 0.25) is 5.95 Å². The number of nitrogens with one attached hydrogen (secondary N) is 1.